The molecule has 0 unspecified atom stereocenters. The van der Waals surface area contributed by atoms with Gasteiger partial charge in [-0.15, -0.1) is 0 Å². The maximum Gasteiger partial charge on any atom is 0.145 e. The fourth-order valence-corrected chi connectivity index (χ4v) is 12.8. The number of anilines is 3. The topological polar surface area (TPSA) is 42.4 Å². The molecule has 4 nitrogen and oxygen atoms in total. The summed E-state index contributed by atoms with van der Waals surface area (Å²) < 4.78 is 13.7. The highest BCUT2D eigenvalue weighted by Crippen LogP contribution is 2.64. The summed E-state index contributed by atoms with van der Waals surface area (Å²) in [6.45, 7) is 16.6. The lowest BCUT2D eigenvalue weighted by molar-refractivity contribution is 0.600. The molecular formula is C63H48N2O2. The average Bonchev–Trinajstić information content (AvgIpc) is 4.08. The predicted octanol–water partition coefficient (Wildman–Crippen LogP) is 17.2. The molecule has 0 fully saturated rings. The normalized spacial score (nSPS) is 15.4. The second-order valence-corrected chi connectivity index (χ2v) is 20.7. The van der Waals surface area contributed by atoms with Crippen LogP contribution in [-0.4, -0.2) is 4.98 Å². The number of nitrogens with zero attached hydrogens (tertiary/aromatic N) is 2. The van der Waals surface area contributed by atoms with Gasteiger partial charge in [0.2, 0.25) is 0 Å². The smallest absolute Gasteiger partial charge is 0.145 e. The molecule has 0 amide bonds. The third-order valence-corrected chi connectivity index (χ3v) is 15.9. The number of para-hydroxylation sites is 2. The first-order valence-corrected chi connectivity index (χ1v) is 23.6. The van der Waals surface area contributed by atoms with E-state index in [9.17, 15) is 0 Å². The Bertz CT molecular complexity index is 3970. The number of hydrogen-bond acceptors (Lipinski definition) is 4. The highest BCUT2D eigenvalue weighted by Gasteiger charge is 2.49. The van der Waals surface area contributed by atoms with Gasteiger partial charge in [-0.2, -0.15) is 0 Å². The van der Waals surface area contributed by atoms with Crippen molar-refractivity contribution in [3.8, 4) is 44.6 Å². The van der Waals surface area contributed by atoms with Crippen molar-refractivity contribution in [1.82, 2.24) is 4.98 Å². The van der Waals surface area contributed by atoms with Gasteiger partial charge in [0.1, 0.15) is 22.3 Å². The molecule has 3 aliphatic rings. The number of rotatable bonds is 4. The molecule has 0 N–H and O–H groups in total. The Labute approximate surface area is 390 Å². The minimum Gasteiger partial charge on any atom is -0.455 e. The van der Waals surface area contributed by atoms with E-state index in [1.165, 1.54) is 83.1 Å². The van der Waals surface area contributed by atoms with Gasteiger partial charge in [0.25, 0.3) is 0 Å². The van der Waals surface area contributed by atoms with Crippen LogP contribution in [0.2, 0.25) is 0 Å². The van der Waals surface area contributed by atoms with Crippen LogP contribution in [0.25, 0.3) is 88.5 Å². The Balaban J connectivity index is 0.990. The lowest BCUT2D eigenvalue weighted by Crippen LogP contribution is -2.24. The van der Waals surface area contributed by atoms with Crippen molar-refractivity contribution in [1.29, 1.82) is 0 Å². The number of pyridine rings is 1. The van der Waals surface area contributed by atoms with Crippen LogP contribution in [0.1, 0.15) is 80.5 Å². The molecule has 67 heavy (non-hydrogen) atoms. The number of benzene rings is 8. The molecule has 3 heterocycles. The first-order valence-electron chi connectivity index (χ1n) is 23.6. The standard InChI is InChI=1S/C63H48N2O2/c1-35-17-16-18-36(31-35)65(37-26-28-40-46(32-37)61(2,3)48-34-44(49-23-14-15-30-64-49)59-54(52(40)48)42-20-9-12-24-50(42)66-59)38-27-29-41-47(33-38)63(6,7)57-53(41)55-43-21-10-13-25-51(43)67-60(55)56-39-19-8-11-22-45(39)62(4,5)58(56)57/h8-34H,1-7H3. The van der Waals surface area contributed by atoms with E-state index in [1.807, 2.05) is 12.3 Å². The molecule has 0 atom stereocenters. The van der Waals surface area contributed by atoms with Crippen LogP contribution in [-0.2, 0) is 16.2 Å². The van der Waals surface area contributed by atoms with Crippen molar-refractivity contribution in [2.24, 2.45) is 0 Å². The van der Waals surface area contributed by atoms with Crippen molar-refractivity contribution >= 4 is 60.9 Å². The molecule has 14 rings (SSSR count). The van der Waals surface area contributed by atoms with Gasteiger partial charge in [-0.3, -0.25) is 4.98 Å². The lowest BCUT2D eigenvalue weighted by atomic mass is 9.72. The van der Waals surface area contributed by atoms with E-state index in [-0.39, 0.29) is 16.2 Å². The van der Waals surface area contributed by atoms with Gasteiger partial charge in [-0.1, -0.05) is 133 Å². The zero-order valence-electron chi connectivity index (χ0n) is 38.8. The maximum atomic E-state index is 6.97. The van der Waals surface area contributed by atoms with Gasteiger partial charge in [0.15, 0.2) is 0 Å². The molecule has 3 aliphatic carbocycles. The Morgan fingerprint density at radius 2 is 0.985 bits per heavy atom. The molecule has 0 aliphatic heterocycles. The van der Waals surface area contributed by atoms with Gasteiger partial charge >= 0.3 is 0 Å². The van der Waals surface area contributed by atoms with Crippen molar-refractivity contribution in [3.63, 3.8) is 0 Å². The molecule has 8 aromatic carbocycles. The Morgan fingerprint density at radius 3 is 1.69 bits per heavy atom. The fraction of sp³-hybridized carbons (Fsp3) is 0.159. The minimum absolute atomic E-state index is 0.222. The zero-order chi connectivity index (χ0) is 45.3. The molecule has 0 spiro atoms. The molecule has 322 valence electrons. The highest BCUT2D eigenvalue weighted by atomic mass is 16.3. The molecular weight excluding hydrogens is 817 g/mol. The third kappa shape index (κ3) is 4.95. The van der Waals surface area contributed by atoms with Gasteiger partial charge in [-0.05, 0) is 140 Å². The first-order chi connectivity index (χ1) is 32.4. The predicted molar refractivity (Wildman–Crippen MR) is 276 cm³/mol. The van der Waals surface area contributed by atoms with Crippen molar-refractivity contribution < 1.29 is 8.83 Å². The van der Waals surface area contributed by atoms with E-state index in [2.05, 4.69) is 205 Å². The molecule has 0 radical (unpaired) electrons. The van der Waals surface area contributed by atoms with Crippen molar-refractivity contribution in [2.75, 3.05) is 4.90 Å². The fourth-order valence-electron chi connectivity index (χ4n) is 12.8. The highest BCUT2D eigenvalue weighted by molar-refractivity contribution is 6.21. The van der Waals surface area contributed by atoms with Crippen LogP contribution < -0.4 is 4.90 Å². The molecule has 0 bridgehead atoms. The molecule has 3 aromatic heterocycles. The lowest BCUT2D eigenvalue weighted by Gasteiger charge is -2.32. The van der Waals surface area contributed by atoms with Gasteiger partial charge in [0, 0.05) is 72.2 Å². The Morgan fingerprint density at radius 1 is 0.418 bits per heavy atom. The maximum absolute atomic E-state index is 6.97. The van der Waals surface area contributed by atoms with Gasteiger partial charge in [-0.25, -0.2) is 0 Å². The van der Waals surface area contributed by atoms with E-state index < -0.39 is 0 Å². The van der Waals surface area contributed by atoms with Gasteiger partial charge in [0.05, 0.1) is 5.69 Å². The molecule has 11 aromatic rings. The second kappa shape index (κ2) is 13.0. The summed E-state index contributed by atoms with van der Waals surface area (Å²) in [6.07, 6.45) is 1.87. The monoisotopic (exact) mass is 864 g/mol. The summed E-state index contributed by atoms with van der Waals surface area (Å²) in [7, 11) is 0. The van der Waals surface area contributed by atoms with E-state index in [1.54, 1.807) is 0 Å². The number of furan rings is 2. The minimum atomic E-state index is -0.319. The van der Waals surface area contributed by atoms with Crippen LogP contribution in [0.5, 0.6) is 0 Å². The molecule has 4 heteroatoms. The third-order valence-electron chi connectivity index (χ3n) is 15.9. The van der Waals surface area contributed by atoms with Crippen LogP contribution in [0.4, 0.5) is 17.1 Å². The zero-order valence-corrected chi connectivity index (χ0v) is 38.8. The van der Waals surface area contributed by atoms with E-state index in [0.29, 0.717) is 0 Å². The van der Waals surface area contributed by atoms with Crippen LogP contribution in [0.15, 0.2) is 173 Å². The summed E-state index contributed by atoms with van der Waals surface area (Å²) in [5.74, 6) is 0. The Hall–Kier alpha value is -7.69. The second-order valence-electron chi connectivity index (χ2n) is 20.7. The first kappa shape index (κ1) is 38.6. The van der Waals surface area contributed by atoms with E-state index in [4.69, 9.17) is 13.8 Å². The molecule has 0 saturated heterocycles. The number of fused-ring (bicyclic) bond motifs is 19. The van der Waals surface area contributed by atoms with E-state index in [0.717, 1.165) is 61.4 Å². The summed E-state index contributed by atoms with van der Waals surface area (Å²) in [5, 5.41) is 4.67. The van der Waals surface area contributed by atoms with Gasteiger partial charge < -0.3 is 13.7 Å². The number of aryl methyl sites for hydroxylation is 1. The molecule has 0 saturated carbocycles. The van der Waals surface area contributed by atoms with Crippen molar-refractivity contribution in [2.45, 2.75) is 64.7 Å². The Kier molecular flexibility index (Phi) is 7.49. The SMILES string of the molecule is Cc1cccc(N(c2ccc3c(c2)C(C)(C)c2cc(-c4ccccn4)c4oc5ccccc5c4c2-3)c2ccc3c(c2)C(C)(C)c2c4c(c5oc6ccccc6c5c2-3)-c2ccccc2C4(C)C)c1. The quantitative estimate of drug-likeness (QED) is 0.177. The average molecular weight is 865 g/mol. The van der Waals surface area contributed by atoms with Crippen molar-refractivity contribution in [3.05, 3.63) is 203 Å². The van der Waals surface area contributed by atoms with Crippen LogP contribution in [0, 0.1) is 6.92 Å². The number of aromatic nitrogens is 1. The summed E-state index contributed by atoms with van der Waals surface area (Å²) in [4.78, 5) is 7.31. The summed E-state index contributed by atoms with van der Waals surface area (Å²) in [6, 6.07) is 57.8. The number of hydrogen-bond donors (Lipinski definition) is 0. The van der Waals surface area contributed by atoms with Crippen LogP contribution >= 0.6 is 0 Å². The largest absolute Gasteiger partial charge is 0.455 e. The summed E-state index contributed by atoms with van der Waals surface area (Å²) in [5.41, 5.74) is 25.1. The summed E-state index contributed by atoms with van der Waals surface area (Å²) >= 11 is 0. The van der Waals surface area contributed by atoms with Crippen LogP contribution in [0.3, 0.4) is 0 Å². The van der Waals surface area contributed by atoms with E-state index >= 15 is 0 Å².